The van der Waals surface area contributed by atoms with Crippen LogP contribution in [0.1, 0.15) is 50.3 Å². The van der Waals surface area contributed by atoms with E-state index >= 15 is 0 Å². The van der Waals surface area contributed by atoms with Crippen LogP contribution in [0.15, 0.2) is 30.5 Å². The number of fused-ring (bicyclic) bond motifs is 1. The van der Waals surface area contributed by atoms with E-state index in [2.05, 4.69) is 9.97 Å². The second-order valence-electron chi connectivity index (χ2n) is 5.48. The largest absolute Gasteiger partial charge is 0.386 e. The van der Waals surface area contributed by atoms with Gasteiger partial charge in [-0.3, -0.25) is 4.98 Å². The predicted octanol–water partition coefficient (Wildman–Crippen LogP) is 3.63. The SMILES string of the molecule is OC(c1cnc2ccccc2n1)C1CCCCCC1. The lowest BCUT2D eigenvalue weighted by Gasteiger charge is -2.20. The van der Waals surface area contributed by atoms with Gasteiger partial charge in [0, 0.05) is 0 Å². The van der Waals surface area contributed by atoms with E-state index in [1.54, 1.807) is 6.20 Å². The highest BCUT2D eigenvalue weighted by Gasteiger charge is 2.23. The molecule has 1 heterocycles. The molecule has 0 bridgehead atoms. The molecule has 1 atom stereocenters. The first-order chi connectivity index (χ1) is 9.34. The molecule has 0 saturated heterocycles. The zero-order valence-corrected chi connectivity index (χ0v) is 11.1. The van der Waals surface area contributed by atoms with Crippen LogP contribution < -0.4 is 0 Å². The maximum Gasteiger partial charge on any atom is 0.100 e. The van der Waals surface area contributed by atoms with Crippen LogP contribution in [0, 0.1) is 5.92 Å². The van der Waals surface area contributed by atoms with Crippen molar-refractivity contribution in [1.29, 1.82) is 0 Å². The Kier molecular flexibility index (Phi) is 3.74. The fourth-order valence-corrected chi connectivity index (χ4v) is 2.98. The van der Waals surface area contributed by atoms with E-state index < -0.39 is 6.10 Å². The van der Waals surface area contributed by atoms with Gasteiger partial charge in [0.15, 0.2) is 0 Å². The molecule has 100 valence electrons. The first-order valence-electron chi connectivity index (χ1n) is 7.24. The number of aliphatic hydroxyl groups is 1. The maximum atomic E-state index is 10.5. The van der Waals surface area contributed by atoms with Crippen LogP contribution in [0.5, 0.6) is 0 Å². The summed E-state index contributed by atoms with van der Waals surface area (Å²) in [7, 11) is 0. The zero-order valence-electron chi connectivity index (χ0n) is 11.1. The van der Waals surface area contributed by atoms with Gasteiger partial charge in [0.05, 0.1) is 22.9 Å². The first-order valence-corrected chi connectivity index (χ1v) is 7.24. The van der Waals surface area contributed by atoms with Gasteiger partial charge < -0.3 is 5.11 Å². The Morgan fingerprint density at radius 2 is 1.68 bits per heavy atom. The van der Waals surface area contributed by atoms with Crippen LogP contribution in [-0.4, -0.2) is 15.1 Å². The third-order valence-electron chi connectivity index (χ3n) is 4.12. The zero-order chi connectivity index (χ0) is 13.1. The summed E-state index contributed by atoms with van der Waals surface area (Å²) in [5.74, 6) is 0.345. The summed E-state index contributed by atoms with van der Waals surface area (Å²) in [5.41, 5.74) is 2.48. The van der Waals surface area contributed by atoms with Crippen molar-refractivity contribution in [2.75, 3.05) is 0 Å². The van der Waals surface area contributed by atoms with Crippen molar-refractivity contribution in [3.63, 3.8) is 0 Å². The molecule has 1 saturated carbocycles. The van der Waals surface area contributed by atoms with E-state index in [9.17, 15) is 5.11 Å². The molecule has 0 spiro atoms. The average molecular weight is 256 g/mol. The molecule has 1 aromatic carbocycles. The second kappa shape index (κ2) is 5.66. The summed E-state index contributed by atoms with van der Waals surface area (Å²) in [4.78, 5) is 8.97. The molecular formula is C16H20N2O. The van der Waals surface area contributed by atoms with Gasteiger partial charge in [-0.1, -0.05) is 37.8 Å². The quantitative estimate of drug-likeness (QED) is 0.834. The molecule has 1 unspecified atom stereocenters. The molecule has 0 amide bonds. The van der Waals surface area contributed by atoms with E-state index in [1.165, 1.54) is 25.7 Å². The number of para-hydroxylation sites is 2. The van der Waals surface area contributed by atoms with Crippen molar-refractivity contribution in [3.8, 4) is 0 Å². The van der Waals surface area contributed by atoms with Crippen LogP contribution >= 0.6 is 0 Å². The van der Waals surface area contributed by atoms with E-state index in [0.717, 1.165) is 29.6 Å². The third kappa shape index (κ3) is 2.76. The first kappa shape index (κ1) is 12.5. The van der Waals surface area contributed by atoms with E-state index in [-0.39, 0.29) is 0 Å². The van der Waals surface area contributed by atoms with Gasteiger partial charge in [-0.25, -0.2) is 4.98 Å². The van der Waals surface area contributed by atoms with E-state index in [4.69, 9.17) is 0 Å². The molecule has 1 N–H and O–H groups in total. The van der Waals surface area contributed by atoms with Crippen molar-refractivity contribution in [2.45, 2.75) is 44.6 Å². The topological polar surface area (TPSA) is 46.0 Å². The van der Waals surface area contributed by atoms with Gasteiger partial charge in [-0.05, 0) is 30.9 Å². The Labute approximate surface area is 113 Å². The third-order valence-corrected chi connectivity index (χ3v) is 4.12. The molecule has 0 aliphatic heterocycles. The molecule has 1 aliphatic rings. The highest BCUT2D eigenvalue weighted by Crippen LogP contribution is 2.32. The number of hydrogen-bond donors (Lipinski definition) is 1. The minimum absolute atomic E-state index is 0.345. The number of hydrogen-bond acceptors (Lipinski definition) is 3. The van der Waals surface area contributed by atoms with Crippen LogP contribution in [0.2, 0.25) is 0 Å². The summed E-state index contributed by atoms with van der Waals surface area (Å²) in [6.45, 7) is 0. The van der Waals surface area contributed by atoms with Crippen LogP contribution in [0.25, 0.3) is 11.0 Å². The minimum Gasteiger partial charge on any atom is -0.386 e. The molecule has 3 rings (SSSR count). The van der Waals surface area contributed by atoms with Gasteiger partial charge in [-0.15, -0.1) is 0 Å². The average Bonchev–Trinajstić information content (AvgIpc) is 2.75. The van der Waals surface area contributed by atoms with Gasteiger partial charge in [-0.2, -0.15) is 0 Å². The van der Waals surface area contributed by atoms with Crippen LogP contribution in [0.4, 0.5) is 0 Å². The van der Waals surface area contributed by atoms with Crippen molar-refractivity contribution in [2.24, 2.45) is 5.92 Å². The lowest BCUT2D eigenvalue weighted by atomic mass is 9.92. The summed E-state index contributed by atoms with van der Waals surface area (Å²) < 4.78 is 0. The number of benzene rings is 1. The highest BCUT2D eigenvalue weighted by atomic mass is 16.3. The van der Waals surface area contributed by atoms with Crippen molar-refractivity contribution < 1.29 is 5.11 Å². The summed E-state index contributed by atoms with van der Waals surface area (Å²) in [6.07, 6.45) is 8.53. The van der Waals surface area contributed by atoms with Crippen molar-refractivity contribution in [1.82, 2.24) is 9.97 Å². The Balaban J connectivity index is 1.85. The van der Waals surface area contributed by atoms with E-state index in [1.807, 2.05) is 24.3 Å². The summed E-state index contributed by atoms with van der Waals surface area (Å²) in [5, 5.41) is 10.5. The number of aliphatic hydroxyl groups excluding tert-OH is 1. The normalized spacial score (nSPS) is 19.2. The van der Waals surface area contributed by atoms with Crippen molar-refractivity contribution >= 4 is 11.0 Å². The number of aromatic nitrogens is 2. The minimum atomic E-state index is -0.463. The second-order valence-corrected chi connectivity index (χ2v) is 5.48. The Morgan fingerprint density at radius 1 is 1.00 bits per heavy atom. The Hall–Kier alpha value is -1.48. The van der Waals surface area contributed by atoms with Gasteiger partial charge in [0.25, 0.3) is 0 Å². The lowest BCUT2D eigenvalue weighted by molar-refractivity contribution is 0.0948. The summed E-state index contributed by atoms with van der Waals surface area (Å²) >= 11 is 0. The molecule has 0 radical (unpaired) electrons. The van der Waals surface area contributed by atoms with Gasteiger partial charge >= 0.3 is 0 Å². The Morgan fingerprint density at radius 3 is 2.42 bits per heavy atom. The standard InChI is InChI=1S/C16H20N2O/c19-16(12-7-3-1-2-4-8-12)15-11-17-13-9-5-6-10-14(13)18-15/h5-6,9-12,16,19H,1-4,7-8H2. The molecule has 1 aliphatic carbocycles. The Bertz CT molecular complexity index is 547. The number of nitrogens with zero attached hydrogens (tertiary/aromatic N) is 2. The van der Waals surface area contributed by atoms with Gasteiger partial charge in [0.1, 0.15) is 6.10 Å². The predicted molar refractivity (Wildman–Crippen MR) is 75.7 cm³/mol. The molecule has 3 nitrogen and oxygen atoms in total. The molecule has 1 aromatic heterocycles. The highest BCUT2D eigenvalue weighted by molar-refractivity contribution is 5.73. The summed E-state index contributed by atoms with van der Waals surface area (Å²) in [6, 6.07) is 7.81. The van der Waals surface area contributed by atoms with E-state index in [0.29, 0.717) is 5.92 Å². The van der Waals surface area contributed by atoms with Gasteiger partial charge in [0.2, 0.25) is 0 Å². The molecular weight excluding hydrogens is 236 g/mol. The lowest BCUT2D eigenvalue weighted by Crippen LogP contribution is -2.13. The fourth-order valence-electron chi connectivity index (χ4n) is 2.98. The fraction of sp³-hybridized carbons (Fsp3) is 0.500. The molecule has 3 heteroatoms. The van der Waals surface area contributed by atoms with Crippen LogP contribution in [0.3, 0.4) is 0 Å². The van der Waals surface area contributed by atoms with Crippen molar-refractivity contribution in [3.05, 3.63) is 36.2 Å². The molecule has 1 fully saturated rings. The molecule has 19 heavy (non-hydrogen) atoms. The molecule has 2 aromatic rings. The monoisotopic (exact) mass is 256 g/mol. The number of rotatable bonds is 2. The maximum absolute atomic E-state index is 10.5. The smallest absolute Gasteiger partial charge is 0.100 e. The van der Waals surface area contributed by atoms with Crippen LogP contribution in [-0.2, 0) is 0 Å².